The van der Waals surface area contributed by atoms with Crippen LogP contribution in [-0.2, 0) is 19.1 Å². The lowest BCUT2D eigenvalue weighted by molar-refractivity contribution is -0.165. The van der Waals surface area contributed by atoms with E-state index in [4.69, 9.17) is 16.3 Å². The zero-order valence-corrected chi connectivity index (χ0v) is 14.3. The Kier molecular flexibility index (Phi) is 7.71. The van der Waals surface area contributed by atoms with Crippen LogP contribution in [-0.4, -0.2) is 53.8 Å². The molecule has 0 heterocycles. The van der Waals surface area contributed by atoms with Crippen LogP contribution in [0.2, 0.25) is 0 Å². The SMILES string of the molecule is CC(C)C(C(=O)OC(C)(C)C)N(C)C(=O)CNC(=O)CCl. The standard InChI is InChI=1S/C14H25ClN2O4/c1-9(2)12(13(20)21-14(3,4)5)17(6)11(19)8-16-10(18)7-15/h9,12H,7-8H2,1-6H3,(H,16,18). The summed E-state index contributed by atoms with van der Waals surface area (Å²) in [5.74, 6) is -1.60. The van der Waals surface area contributed by atoms with Crippen molar-refractivity contribution in [3.05, 3.63) is 0 Å². The molecule has 0 aromatic carbocycles. The van der Waals surface area contributed by atoms with E-state index in [9.17, 15) is 14.4 Å². The smallest absolute Gasteiger partial charge is 0.329 e. The van der Waals surface area contributed by atoms with Gasteiger partial charge in [-0.25, -0.2) is 4.79 Å². The van der Waals surface area contributed by atoms with Gasteiger partial charge in [-0.3, -0.25) is 9.59 Å². The average molecular weight is 321 g/mol. The fourth-order valence-electron chi connectivity index (χ4n) is 1.74. The number of nitrogens with zero attached hydrogens (tertiary/aromatic N) is 1. The van der Waals surface area contributed by atoms with E-state index in [1.54, 1.807) is 20.8 Å². The molecule has 1 atom stereocenters. The Bertz CT molecular complexity index is 391. The van der Waals surface area contributed by atoms with Crippen molar-refractivity contribution in [2.24, 2.45) is 5.92 Å². The van der Waals surface area contributed by atoms with E-state index in [0.717, 1.165) is 0 Å². The maximum absolute atomic E-state index is 12.2. The first kappa shape index (κ1) is 19.7. The lowest BCUT2D eigenvalue weighted by Crippen LogP contribution is -2.51. The first-order valence-electron chi connectivity index (χ1n) is 6.80. The molecule has 0 saturated heterocycles. The fraction of sp³-hybridized carbons (Fsp3) is 0.786. The molecule has 0 aliphatic heterocycles. The number of hydrogen-bond donors (Lipinski definition) is 1. The highest BCUT2D eigenvalue weighted by Gasteiger charge is 2.33. The maximum atomic E-state index is 12.2. The normalized spacial score (nSPS) is 12.8. The third-order valence-corrected chi connectivity index (χ3v) is 2.89. The summed E-state index contributed by atoms with van der Waals surface area (Å²) in [6.45, 7) is 8.76. The number of carbonyl (C=O) groups excluding carboxylic acids is 3. The van der Waals surface area contributed by atoms with E-state index in [0.29, 0.717) is 0 Å². The summed E-state index contributed by atoms with van der Waals surface area (Å²) in [6.07, 6.45) is 0. The highest BCUT2D eigenvalue weighted by molar-refractivity contribution is 6.27. The summed E-state index contributed by atoms with van der Waals surface area (Å²) in [6, 6.07) is -0.704. The monoisotopic (exact) mass is 320 g/mol. The van der Waals surface area contributed by atoms with E-state index in [1.807, 2.05) is 13.8 Å². The second-order valence-corrected chi connectivity index (χ2v) is 6.40. The Balaban J connectivity index is 4.83. The molecular weight excluding hydrogens is 296 g/mol. The van der Waals surface area contributed by atoms with Crippen LogP contribution in [0.15, 0.2) is 0 Å². The number of ether oxygens (including phenoxy) is 1. The first-order chi connectivity index (χ1) is 9.49. The number of alkyl halides is 1. The van der Waals surface area contributed by atoms with Crippen molar-refractivity contribution in [3.8, 4) is 0 Å². The predicted molar refractivity (Wildman–Crippen MR) is 81.0 cm³/mol. The van der Waals surface area contributed by atoms with Gasteiger partial charge in [-0.2, -0.15) is 0 Å². The second-order valence-electron chi connectivity index (χ2n) is 6.14. The van der Waals surface area contributed by atoms with Crippen LogP contribution in [0.3, 0.4) is 0 Å². The molecule has 2 amide bonds. The van der Waals surface area contributed by atoms with Gasteiger partial charge in [-0.05, 0) is 26.7 Å². The van der Waals surface area contributed by atoms with Crippen LogP contribution in [0.4, 0.5) is 0 Å². The van der Waals surface area contributed by atoms with Crippen molar-refractivity contribution in [2.75, 3.05) is 19.5 Å². The van der Waals surface area contributed by atoms with E-state index in [2.05, 4.69) is 5.32 Å². The van der Waals surface area contributed by atoms with E-state index in [-0.39, 0.29) is 24.2 Å². The van der Waals surface area contributed by atoms with E-state index < -0.39 is 23.5 Å². The molecule has 0 rings (SSSR count). The highest BCUT2D eigenvalue weighted by Crippen LogP contribution is 2.16. The molecule has 0 bridgehead atoms. The van der Waals surface area contributed by atoms with Crippen molar-refractivity contribution in [2.45, 2.75) is 46.3 Å². The second kappa shape index (κ2) is 8.22. The number of amides is 2. The minimum Gasteiger partial charge on any atom is -0.458 e. The fourth-order valence-corrected chi connectivity index (χ4v) is 1.84. The van der Waals surface area contributed by atoms with Crippen molar-refractivity contribution >= 4 is 29.4 Å². The summed E-state index contributed by atoms with van der Waals surface area (Å²) in [5.41, 5.74) is -0.624. The molecular formula is C14H25ClN2O4. The number of esters is 1. The molecule has 0 aliphatic rings. The van der Waals surface area contributed by atoms with Crippen molar-refractivity contribution in [1.29, 1.82) is 0 Å². The molecule has 0 spiro atoms. The van der Waals surface area contributed by atoms with Gasteiger partial charge in [-0.15, -0.1) is 11.6 Å². The number of rotatable bonds is 6. The Morgan fingerprint density at radius 3 is 2.14 bits per heavy atom. The van der Waals surface area contributed by atoms with Gasteiger partial charge in [0, 0.05) is 7.05 Å². The molecule has 6 nitrogen and oxygen atoms in total. The molecule has 21 heavy (non-hydrogen) atoms. The quantitative estimate of drug-likeness (QED) is 0.589. The van der Waals surface area contributed by atoms with E-state index >= 15 is 0 Å². The third kappa shape index (κ3) is 7.32. The van der Waals surface area contributed by atoms with Crippen molar-refractivity contribution in [3.63, 3.8) is 0 Å². The first-order valence-corrected chi connectivity index (χ1v) is 7.34. The molecule has 122 valence electrons. The van der Waals surface area contributed by atoms with Gasteiger partial charge in [0.15, 0.2) is 0 Å². The molecule has 0 saturated carbocycles. The topological polar surface area (TPSA) is 75.7 Å². The molecule has 0 aromatic heterocycles. The van der Waals surface area contributed by atoms with Crippen LogP contribution in [0.1, 0.15) is 34.6 Å². The minimum atomic E-state index is -0.704. The van der Waals surface area contributed by atoms with Gasteiger partial charge in [0.05, 0.1) is 6.54 Å². The maximum Gasteiger partial charge on any atom is 0.329 e. The average Bonchev–Trinajstić information content (AvgIpc) is 2.32. The van der Waals surface area contributed by atoms with Crippen LogP contribution in [0, 0.1) is 5.92 Å². The van der Waals surface area contributed by atoms with Crippen LogP contribution >= 0.6 is 11.6 Å². The molecule has 0 aromatic rings. The summed E-state index contributed by atoms with van der Waals surface area (Å²) in [4.78, 5) is 36.6. The molecule has 0 radical (unpaired) electrons. The Labute approximate surface area is 131 Å². The molecule has 7 heteroatoms. The van der Waals surface area contributed by atoms with Gasteiger partial charge in [-0.1, -0.05) is 13.8 Å². The number of halogens is 1. The lowest BCUT2D eigenvalue weighted by atomic mass is 10.0. The van der Waals surface area contributed by atoms with Crippen molar-refractivity contribution in [1.82, 2.24) is 10.2 Å². The van der Waals surface area contributed by atoms with Crippen LogP contribution in [0.5, 0.6) is 0 Å². The van der Waals surface area contributed by atoms with Crippen LogP contribution < -0.4 is 5.32 Å². The molecule has 1 unspecified atom stereocenters. The molecule has 0 fully saturated rings. The third-order valence-electron chi connectivity index (χ3n) is 2.65. The van der Waals surface area contributed by atoms with Gasteiger partial charge in [0.25, 0.3) is 0 Å². The predicted octanol–water partition coefficient (Wildman–Crippen LogP) is 1.17. The molecule has 1 N–H and O–H groups in total. The number of hydrogen-bond acceptors (Lipinski definition) is 4. The van der Waals surface area contributed by atoms with Crippen LogP contribution in [0.25, 0.3) is 0 Å². The van der Waals surface area contributed by atoms with Gasteiger partial charge >= 0.3 is 5.97 Å². The number of likely N-dealkylation sites (N-methyl/N-ethyl adjacent to an activating group) is 1. The number of carbonyl (C=O) groups is 3. The summed E-state index contributed by atoms with van der Waals surface area (Å²) >= 11 is 5.34. The van der Waals surface area contributed by atoms with Gasteiger partial charge in [0.2, 0.25) is 11.8 Å². The minimum absolute atomic E-state index is 0.113. The Morgan fingerprint density at radius 1 is 1.24 bits per heavy atom. The van der Waals surface area contributed by atoms with E-state index in [1.165, 1.54) is 11.9 Å². The Hall–Kier alpha value is -1.30. The zero-order valence-electron chi connectivity index (χ0n) is 13.5. The summed E-state index contributed by atoms with van der Waals surface area (Å²) in [7, 11) is 1.52. The van der Waals surface area contributed by atoms with Gasteiger partial charge in [0.1, 0.15) is 17.5 Å². The molecule has 0 aliphatic carbocycles. The number of nitrogens with one attached hydrogen (secondary N) is 1. The lowest BCUT2D eigenvalue weighted by Gasteiger charge is -2.32. The summed E-state index contributed by atoms with van der Waals surface area (Å²) in [5, 5.41) is 2.38. The highest BCUT2D eigenvalue weighted by atomic mass is 35.5. The Morgan fingerprint density at radius 2 is 1.76 bits per heavy atom. The van der Waals surface area contributed by atoms with Crippen molar-refractivity contribution < 1.29 is 19.1 Å². The zero-order chi connectivity index (χ0) is 16.8. The van der Waals surface area contributed by atoms with Gasteiger partial charge < -0.3 is 15.0 Å². The largest absolute Gasteiger partial charge is 0.458 e. The summed E-state index contributed by atoms with van der Waals surface area (Å²) < 4.78 is 5.34.